The Morgan fingerprint density at radius 1 is 1.18 bits per heavy atom. The molecule has 0 radical (unpaired) electrons. The van der Waals surface area contributed by atoms with Crippen LogP contribution in [0.25, 0.3) is 0 Å². The molecule has 1 unspecified atom stereocenters. The lowest BCUT2D eigenvalue weighted by Gasteiger charge is -2.44. The summed E-state index contributed by atoms with van der Waals surface area (Å²) in [4.78, 5) is 16.8. The van der Waals surface area contributed by atoms with Crippen molar-refractivity contribution >= 4 is 11.8 Å². The molecule has 3 saturated heterocycles. The van der Waals surface area contributed by atoms with Gasteiger partial charge in [-0.15, -0.1) is 0 Å². The number of aryl methyl sites for hydroxylation is 1. The number of fused-ring (bicyclic) bond motifs is 3. The molecule has 5 rings (SSSR count). The Labute approximate surface area is 163 Å². The van der Waals surface area contributed by atoms with Gasteiger partial charge < -0.3 is 4.74 Å². The molecule has 3 fully saturated rings. The highest BCUT2D eigenvalue weighted by atomic mass is 19.1. The van der Waals surface area contributed by atoms with E-state index in [9.17, 15) is 13.6 Å². The lowest BCUT2D eigenvalue weighted by molar-refractivity contribution is -0.0311. The van der Waals surface area contributed by atoms with Crippen molar-refractivity contribution in [2.75, 3.05) is 24.5 Å². The Balaban J connectivity index is 1.58. The van der Waals surface area contributed by atoms with Gasteiger partial charge in [0, 0.05) is 23.9 Å². The molecule has 3 heterocycles. The molecule has 4 nitrogen and oxygen atoms in total. The van der Waals surface area contributed by atoms with Crippen molar-refractivity contribution in [1.29, 1.82) is 0 Å². The first kappa shape index (κ1) is 18.9. The summed E-state index contributed by atoms with van der Waals surface area (Å²) in [6, 6.07) is 10.8. The maximum atomic E-state index is 14.2. The monoisotopic (exact) mass is 386 g/mol. The number of hydrogen-bond acceptors (Lipinski definition) is 3. The topological polar surface area (TPSA) is 32.8 Å². The van der Waals surface area contributed by atoms with Gasteiger partial charge in [-0.2, -0.15) is 0 Å². The average molecular weight is 386 g/mol. The molecule has 0 spiro atoms. The highest BCUT2D eigenvalue weighted by molar-refractivity contribution is 5.87. The quantitative estimate of drug-likeness (QED) is 0.775. The molecule has 0 aromatic heterocycles. The second kappa shape index (κ2) is 7.87. The molecule has 2 aromatic rings. The van der Waals surface area contributed by atoms with Gasteiger partial charge in [0.15, 0.2) is 0 Å². The van der Waals surface area contributed by atoms with Crippen LogP contribution in [0.4, 0.5) is 19.3 Å². The van der Waals surface area contributed by atoms with Crippen molar-refractivity contribution in [2.24, 2.45) is 5.92 Å². The van der Waals surface area contributed by atoms with E-state index in [1.807, 2.05) is 25.1 Å². The fourth-order valence-electron chi connectivity index (χ4n) is 4.11. The Bertz CT molecular complexity index is 865. The lowest BCUT2D eigenvalue weighted by Crippen LogP contribution is -2.53. The van der Waals surface area contributed by atoms with Crippen LogP contribution in [0.1, 0.15) is 24.0 Å². The van der Waals surface area contributed by atoms with Crippen LogP contribution in [0.15, 0.2) is 42.5 Å². The van der Waals surface area contributed by atoms with Gasteiger partial charge in [-0.3, -0.25) is 9.80 Å². The summed E-state index contributed by atoms with van der Waals surface area (Å²) in [5.74, 6) is -0.928. The molecule has 6 heteroatoms. The normalized spacial score (nSPS) is 23.5. The molecule has 0 N–H and O–H groups in total. The minimum Gasteiger partial charge on any atom is -0.444 e. The number of anilines is 1. The first-order valence-corrected chi connectivity index (χ1v) is 9.71. The SMILES string of the molecule is Cc1cccc(N(Cc2ccc(F)cc2F)C(=O)OC2CN3CCC2CC3)c1. The zero-order valence-corrected chi connectivity index (χ0v) is 15.9. The first-order chi connectivity index (χ1) is 13.5. The molecule has 3 aliphatic rings. The van der Waals surface area contributed by atoms with Crippen molar-refractivity contribution in [2.45, 2.75) is 32.4 Å². The van der Waals surface area contributed by atoms with E-state index in [1.54, 1.807) is 6.07 Å². The highest BCUT2D eigenvalue weighted by Gasteiger charge is 2.37. The van der Waals surface area contributed by atoms with Crippen molar-refractivity contribution in [3.63, 3.8) is 0 Å². The van der Waals surface area contributed by atoms with Crippen LogP contribution in [0, 0.1) is 24.5 Å². The summed E-state index contributed by atoms with van der Waals surface area (Å²) in [5.41, 5.74) is 1.86. The summed E-state index contributed by atoms with van der Waals surface area (Å²) in [6.45, 7) is 4.78. The molecule has 0 saturated carbocycles. The predicted octanol–water partition coefficient (Wildman–Crippen LogP) is 4.51. The van der Waals surface area contributed by atoms with E-state index in [1.165, 1.54) is 17.0 Å². The van der Waals surface area contributed by atoms with Crippen molar-refractivity contribution in [3.05, 3.63) is 65.2 Å². The number of nitrogens with zero attached hydrogens (tertiary/aromatic N) is 2. The molecule has 3 aliphatic heterocycles. The number of ether oxygens (including phenoxy) is 1. The lowest BCUT2D eigenvalue weighted by atomic mass is 9.86. The summed E-state index contributed by atoms with van der Waals surface area (Å²) in [6.07, 6.45) is 1.44. The number of amides is 1. The summed E-state index contributed by atoms with van der Waals surface area (Å²) in [7, 11) is 0. The molecular formula is C22H24F2N2O2. The van der Waals surface area contributed by atoms with Crippen LogP contribution in [-0.4, -0.2) is 36.7 Å². The molecule has 2 aromatic carbocycles. The first-order valence-electron chi connectivity index (χ1n) is 9.71. The van der Waals surface area contributed by atoms with Gasteiger partial charge in [0.05, 0.1) is 6.54 Å². The molecule has 148 valence electrons. The maximum absolute atomic E-state index is 14.2. The molecule has 28 heavy (non-hydrogen) atoms. The minimum absolute atomic E-state index is 0.0184. The molecule has 1 atom stereocenters. The third-order valence-corrected chi connectivity index (χ3v) is 5.73. The van der Waals surface area contributed by atoms with Gasteiger partial charge in [0.2, 0.25) is 0 Å². The van der Waals surface area contributed by atoms with Crippen LogP contribution in [0.5, 0.6) is 0 Å². The van der Waals surface area contributed by atoms with Crippen LogP contribution < -0.4 is 4.90 Å². The smallest absolute Gasteiger partial charge is 0.414 e. The number of hydrogen-bond donors (Lipinski definition) is 0. The van der Waals surface area contributed by atoms with Crippen LogP contribution in [0.3, 0.4) is 0 Å². The predicted molar refractivity (Wildman–Crippen MR) is 103 cm³/mol. The number of benzene rings is 2. The highest BCUT2D eigenvalue weighted by Crippen LogP contribution is 2.31. The van der Waals surface area contributed by atoms with Crippen molar-refractivity contribution in [1.82, 2.24) is 4.90 Å². The van der Waals surface area contributed by atoms with E-state index < -0.39 is 17.7 Å². The Hall–Kier alpha value is -2.47. The van der Waals surface area contributed by atoms with E-state index in [2.05, 4.69) is 4.90 Å². The third-order valence-electron chi connectivity index (χ3n) is 5.73. The summed E-state index contributed by atoms with van der Waals surface area (Å²) < 4.78 is 33.4. The van der Waals surface area contributed by atoms with E-state index in [4.69, 9.17) is 4.74 Å². The number of carbonyl (C=O) groups excluding carboxylic acids is 1. The zero-order valence-electron chi connectivity index (χ0n) is 15.9. The summed E-state index contributed by atoms with van der Waals surface area (Å²) >= 11 is 0. The number of halogens is 2. The van der Waals surface area contributed by atoms with Gasteiger partial charge in [0.25, 0.3) is 0 Å². The molecule has 0 aliphatic carbocycles. The van der Waals surface area contributed by atoms with Crippen LogP contribution in [0.2, 0.25) is 0 Å². The average Bonchev–Trinajstić information content (AvgIpc) is 2.68. The Morgan fingerprint density at radius 3 is 2.61 bits per heavy atom. The maximum Gasteiger partial charge on any atom is 0.414 e. The number of rotatable bonds is 4. The van der Waals surface area contributed by atoms with Crippen LogP contribution >= 0.6 is 0 Å². The number of piperidine rings is 3. The van der Waals surface area contributed by atoms with E-state index in [0.717, 1.165) is 44.1 Å². The number of carbonyl (C=O) groups is 1. The van der Waals surface area contributed by atoms with Crippen molar-refractivity contribution in [3.8, 4) is 0 Å². The van der Waals surface area contributed by atoms with Gasteiger partial charge >= 0.3 is 6.09 Å². The Morgan fingerprint density at radius 2 is 1.96 bits per heavy atom. The zero-order chi connectivity index (χ0) is 19.7. The van der Waals surface area contributed by atoms with Crippen LogP contribution in [-0.2, 0) is 11.3 Å². The second-order valence-electron chi connectivity index (χ2n) is 7.72. The fourth-order valence-corrected chi connectivity index (χ4v) is 4.11. The van der Waals surface area contributed by atoms with E-state index in [0.29, 0.717) is 11.6 Å². The standard InChI is InChI=1S/C22H24F2N2O2/c1-15-3-2-4-19(11-15)26(13-17-5-6-18(23)12-20(17)24)22(27)28-21-14-25-9-7-16(21)8-10-25/h2-6,11-12,16,21H,7-10,13-14H2,1H3. The van der Waals surface area contributed by atoms with Gasteiger partial charge in [-0.25, -0.2) is 13.6 Å². The van der Waals surface area contributed by atoms with Crippen molar-refractivity contribution < 1.29 is 18.3 Å². The Kier molecular flexibility index (Phi) is 5.31. The fraction of sp³-hybridized carbons (Fsp3) is 0.409. The molecule has 1 amide bonds. The largest absolute Gasteiger partial charge is 0.444 e. The van der Waals surface area contributed by atoms with E-state index in [-0.39, 0.29) is 18.2 Å². The van der Waals surface area contributed by atoms with Gasteiger partial charge in [0.1, 0.15) is 17.7 Å². The van der Waals surface area contributed by atoms with E-state index >= 15 is 0 Å². The summed E-state index contributed by atoms with van der Waals surface area (Å²) in [5, 5.41) is 0. The van der Waals surface area contributed by atoms with Gasteiger partial charge in [-0.1, -0.05) is 18.2 Å². The van der Waals surface area contributed by atoms with Gasteiger partial charge in [-0.05, 0) is 62.5 Å². The second-order valence-corrected chi connectivity index (χ2v) is 7.72. The molecule has 2 bridgehead atoms. The third kappa shape index (κ3) is 4.02. The molecular weight excluding hydrogens is 362 g/mol. The minimum atomic E-state index is -0.673.